The smallest absolute Gasteiger partial charge is 0.166 e. The zero-order valence-corrected chi connectivity index (χ0v) is 12.9. The highest BCUT2D eigenvalue weighted by Crippen LogP contribution is 2.29. The van der Waals surface area contributed by atoms with Crippen molar-refractivity contribution in [2.75, 3.05) is 0 Å². The second-order valence-electron chi connectivity index (χ2n) is 6.24. The summed E-state index contributed by atoms with van der Waals surface area (Å²) in [5.74, 6) is 0.267. The number of halogens is 1. The van der Waals surface area contributed by atoms with Gasteiger partial charge in [0.05, 0.1) is 6.10 Å². The molecule has 0 aliphatic heterocycles. The lowest BCUT2D eigenvalue weighted by molar-refractivity contribution is 0.198. The van der Waals surface area contributed by atoms with Gasteiger partial charge >= 0.3 is 0 Å². The molecule has 0 spiro atoms. The van der Waals surface area contributed by atoms with E-state index in [0.717, 1.165) is 0 Å². The molecule has 2 aromatic carbocycles. The van der Waals surface area contributed by atoms with Crippen molar-refractivity contribution in [3.05, 3.63) is 59.4 Å². The monoisotopic (exact) mass is 288 g/mol. The first-order valence-corrected chi connectivity index (χ1v) is 7.03. The second-order valence-corrected chi connectivity index (χ2v) is 6.24. The van der Waals surface area contributed by atoms with Gasteiger partial charge in [0.15, 0.2) is 11.6 Å². The van der Waals surface area contributed by atoms with Crippen LogP contribution in [0.2, 0.25) is 0 Å². The molecule has 0 aliphatic rings. The van der Waals surface area contributed by atoms with Crippen molar-refractivity contribution < 1.29 is 14.2 Å². The van der Waals surface area contributed by atoms with E-state index in [1.165, 1.54) is 17.7 Å². The van der Waals surface area contributed by atoms with Crippen LogP contribution in [0.3, 0.4) is 0 Å². The minimum Gasteiger partial charge on any atom is -0.454 e. The predicted molar refractivity (Wildman–Crippen MR) is 82.2 cm³/mol. The minimum absolute atomic E-state index is 0.0721. The molecule has 2 aromatic rings. The zero-order valence-electron chi connectivity index (χ0n) is 12.9. The van der Waals surface area contributed by atoms with Crippen LogP contribution < -0.4 is 4.74 Å². The first-order chi connectivity index (χ1) is 9.77. The summed E-state index contributed by atoms with van der Waals surface area (Å²) in [5, 5.41) is 9.43. The summed E-state index contributed by atoms with van der Waals surface area (Å²) in [6.45, 7) is 8.01. The third kappa shape index (κ3) is 3.82. The topological polar surface area (TPSA) is 29.5 Å². The normalized spacial score (nSPS) is 13.0. The average molecular weight is 288 g/mol. The molecule has 0 saturated carbocycles. The van der Waals surface area contributed by atoms with Crippen LogP contribution in [0.5, 0.6) is 11.5 Å². The largest absolute Gasteiger partial charge is 0.454 e. The Kier molecular flexibility index (Phi) is 4.33. The minimum atomic E-state index is -0.695. The van der Waals surface area contributed by atoms with Crippen LogP contribution in [0, 0.1) is 5.82 Å². The summed E-state index contributed by atoms with van der Waals surface area (Å²) in [6, 6.07) is 12.1. The molecular formula is C18H21FO2. The number of rotatable bonds is 3. The van der Waals surface area contributed by atoms with E-state index in [9.17, 15) is 9.50 Å². The Bertz CT molecular complexity index is 610. The molecule has 0 saturated heterocycles. The summed E-state index contributed by atoms with van der Waals surface area (Å²) in [6.07, 6.45) is -0.695. The lowest BCUT2D eigenvalue weighted by atomic mass is 9.87. The summed E-state index contributed by atoms with van der Waals surface area (Å²) >= 11 is 0. The lowest BCUT2D eigenvalue weighted by Crippen LogP contribution is -2.10. The molecule has 0 fully saturated rings. The molecule has 1 atom stereocenters. The Labute approximate surface area is 125 Å². The summed E-state index contributed by atoms with van der Waals surface area (Å²) in [5.41, 5.74) is 1.80. The fourth-order valence-corrected chi connectivity index (χ4v) is 2.01. The molecule has 0 aromatic heterocycles. The van der Waals surface area contributed by atoms with E-state index in [0.29, 0.717) is 11.3 Å². The van der Waals surface area contributed by atoms with Gasteiger partial charge in [0.2, 0.25) is 0 Å². The van der Waals surface area contributed by atoms with Gasteiger partial charge in [-0.3, -0.25) is 0 Å². The molecule has 2 nitrogen and oxygen atoms in total. The summed E-state index contributed by atoms with van der Waals surface area (Å²) in [4.78, 5) is 0. The van der Waals surface area contributed by atoms with Crippen LogP contribution in [-0.2, 0) is 5.41 Å². The molecular weight excluding hydrogens is 267 g/mol. The quantitative estimate of drug-likeness (QED) is 0.864. The van der Waals surface area contributed by atoms with Gasteiger partial charge in [-0.05, 0) is 47.7 Å². The molecule has 0 aliphatic carbocycles. The third-order valence-electron chi connectivity index (χ3n) is 3.39. The van der Waals surface area contributed by atoms with E-state index in [1.807, 2.05) is 24.3 Å². The Morgan fingerprint density at radius 2 is 1.67 bits per heavy atom. The van der Waals surface area contributed by atoms with E-state index in [2.05, 4.69) is 20.8 Å². The van der Waals surface area contributed by atoms with Gasteiger partial charge < -0.3 is 9.84 Å². The standard InChI is InChI=1S/C18H21FO2/c1-12(20)13-5-10-17(16(19)11-13)21-15-8-6-14(7-9-15)18(2,3)4/h5-12,20H,1-4H3/t12-/m0/s1. The zero-order chi connectivity index (χ0) is 15.6. The maximum absolute atomic E-state index is 13.9. The molecule has 112 valence electrons. The predicted octanol–water partition coefficient (Wildman–Crippen LogP) is 4.97. The van der Waals surface area contributed by atoms with Gasteiger partial charge in [0.1, 0.15) is 5.75 Å². The fourth-order valence-electron chi connectivity index (χ4n) is 2.01. The summed E-state index contributed by atoms with van der Waals surface area (Å²) < 4.78 is 19.5. The number of hydrogen-bond donors (Lipinski definition) is 1. The number of hydrogen-bond acceptors (Lipinski definition) is 2. The van der Waals surface area contributed by atoms with E-state index < -0.39 is 11.9 Å². The number of ether oxygens (including phenoxy) is 1. The van der Waals surface area contributed by atoms with Crippen molar-refractivity contribution in [1.29, 1.82) is 0 Å². The summed E-state index contributed by atoms with van der Waals surface area (Å²) in [7, 11) is 0. The number of benzene rings is 2. The highest BCUT2D eigenvalue weighted by Gasteiger charge is 2.14. The molecule has 0 amide bonds. The van der Waals surface area contributed by atoms with Crippen molar-refractivity contribution >= 4 is 0 Å². The van der Waals surface area contributed by atoms with Crippen molar-refractivity contribution in [1.82, 2.24) is 0 Å². The van der Waals surface area contributed by atoms with Crippen LogP contribution in [-0.4, -0.2) is 5.11 Å². The van der Waals surface area contributed by atoms with Gasteiger partial charge in [-0.1, -0.05) is 39.0 Å². The van der Waals surface area contributed by atoms with Crippen LogP contribution >= 0.6 is 0 Å². The molecule has 0 heterocycles. The van der Waals surface area contributed by atoms with Crippen molar-refractivity contribution in [3.63, 3.8) is 0 Å². The number of aliphatic hydroxyl groups is 1. The highest BCUT2D eigenvalue weighted by molar-refractivity contribution is 5.37. The first kappa shape index (κ1) is 15.5. The van der Waals surface area contributed by atoms with Gasteiger partial charge in [-0.15, -0.1) is 0 Å². The third-order valence-corrected chi connectivity index (χ3v) is 3.39. The highest BCUT2D eigenvalue weighted by atomic mass is 19.1. The van der Waals surface area contributed by atoms with Gasteiger partial charge in [0, 0.05) is 0 Å². The van der Waals surface area contributed by atoms with Crippen LogP contribution in [0.25, 0.3) is 0 Å². The van der Waals surface area contributed by atoms with E-state index in [1.54, 1.807) is 13.0 Å². The van der Waals surface area contributed by atoms with E-state index >= 15 is 0 Å². The Morgan fingerprint density at radius 1 is 1.05 bits per heavy atom. The lowest BCUT2D eigenvalue weighted by Gasteiger charge is -2.19. The van der Waals surface area contributed by atoms with E-state index in [-0.39, 0.29) is 11.2 Å². The molecule has 2 rings (SSSR count). The Hall–Kier alpha value is -1.87. The Balaban J connectivity index is 2.19. The van der Waals surface area contributed by atoms with Crippen LogP contribution in [0.15, 0.2) is 42.5 Å². The molecule has 0 radical (unpaired) electrons. The van der Waals surface area contributed by atoms with Crippen molar-refractivity contribution in [2.45, 2.75) is 39.2 Å². The van der Waals surface area contributed by atoms with Gasteiger partial charge in [-0.25, -0.2) is 4.39 Å². The average Bonchev–Trinajstić information content (AvgIpc) is 2.40. The van der Waals surface area contributed by atoms with Crippen LogP contribution in [0.1, 0.15) is 44.9 Å². The SMILES string of the molecule is C[C@H](O)c1ccc(Oc2ccc(C(C)(C)C)cc2)c(F)c1. The second kappa shape index (κ2) is 5.86. The van der Waals surface area contributed by atoms with Crippen LogP contribution in [0.4, 0.5) is 4.39 Å². The molecule has 1 N–H and O–H groups in total. The van der Waals surface area contributed by atoms with Gasteiger partial charge in [0.25, 0.3) is 0 Å². The van der Waals surface area contributed by atoms with Crippen molar-refractivity contribution in [3.8, 4) is 11.5 Å². The van der Waals surface area contributed by atoms with Gasteiger partial charge in [-0.2, -0.15) is 0 Å². The maximum atomic E-state index is 13.9. The molecule has 0 unspecified atom stereocenters. The number of aliphatic hydroxyl groups excluding tert-OH is 1. The molecule has 3 heteroatoms. The maximum Gasteiger partial charge on any atom is 0.166 e. The molecule has 0 bridgehead atoms. The van der Waals surface area contributed by atoms with E-state index in [4.69, 9.17) is 4.74 Å². The van der Waals surface area contributed by atoms with Crippen molar-refractivity contribution in [2.24, 2.45) is 0 Å². The first-order valence-electron chi connectivity index (χ1n) is 7.03. The Morgan fingerprint density at radius 3 is 2.14 bits per heavy atom. The fraction of sp³-hybridized carbons (Fsp3) is 0.333. The molecule has 21 heavy (non-hydrogen) atoms.